The lowest BCUT2D eigenvalue weighted by Gasteiger charge is -2.29. The highest BCUT2D eigenvalue weighted by Crippen LogP contribution is 2.23. The third kappa shape index (κ3) is 4.92. The monoisotopic (exact) mass is 436 g/mol. The quantitative estimate of drug-likeness (QED) is 0.696. The molecule has 0 bridgehead atoms. The fraction of sp³-hybridized carbons (Fsp3) is 0.533. The average molecular weight is 436 g/mol. The Bertz CT molecular complexity index is 616. The summed E-state index contributed by atoms with van der Waals surface area (Å²) in [6, 6.07) is 6.66. The predicted molar refractivity (Wildman–Crippen MR) is 93.9 cm³/mol. The molecule has 1 fully saturated rings. The number of halogens is 1. The van der Waals surface area contributed by atoms with Crippen molar-refractivity contribution < 1.29 is 13.2 Å². The summed E-state index contributed by atoms with van der Waals surface area (Å²) < 4.78 is 27.5. The summed E-state index contributed by atoms with van der Waals surface area (Å²) in [6.07, 6.45) is 4.40. The van der Waals surface area contributed by atoms with Gasteiger partial charge in [-0.25, -0.2) is 13.1 Å². The Morgan fingerprint density at radius 3 is 2.50 bits per heavy atom. The first-order valence-corrected chi connectivity index (χ1v) is 9.99. The van der Waals surface area contributed by atoms with E-state index >= 15 is 0 Å². The lowest BCUT2D eigenvalue weighted by atomic mass is 9.86. The van der Waals surface area contributed by atoms with E-state index in [0.29, 0.717) is 5.92 Å². The van der Waals surface area contributed by atoms with Crippen molar-refractivity contribution in [3.8, 4) is 0 Å². The first kappa shape index (κ1) is 17.7. The second-order valence-corrected chi connectivity index (χ2v) is 8.73. The number of hydrogen-bond acceptors (Lipinski definition) is 3. The molecule has 5 nitrogen and oxygen atoms in total. The number of carbonyl (C=O) groups excluding carboxylic acids is 1. The second-order valence-electron chi connectivity index (χ2n) is 5.71. The summed E-state index contributed by atoms with van der Waals surface area (Å²) in [5, 5.41) is 2.93. The molecule has 22 heavy (non-hydrogen) atoms. The van der Waals surface area contributed by atoms with E-state index in [1.807, 2.05) is 0 Å². The molecule has 122 valence electrons. The zero-order valence-electron chi connectivity index (χ0n) is 12.5. The van der Waals surface area contributed by atoms with Gasteiger partial charge in [-0.05, 0) is 65.6 Å². The summed E-state index contributed by atoms with van der Waals surface area (Å²) in [5.74, 6) is 0.179. The first-order valence-electron chi connectivity index (χ1n) is 7.43. The molecule has 0 aromatic heterocycles. The molecule has 2 rings (SSSR count). The Morgan fingerprint density at radius 1 is 1.23 bits per heavy atom. The van der Waals surface area contributed by atoms with Crippen LogP contribution >= 0.6 is 22.6 Å². The molecule has 2 N–H and O–H groups in total. The summed E-state index contributed by atoms with van der Waals surface area (Å²) in [7, 11) is -3.64. The SMILES string of the molecule is C[C@H]1CCCC[C@H]1NC(=O)CNS(=O)(=O)c1ccc(I)cc1. The summed E-state index contributed by atoms with van der Waals surface area (Å²) in [5.41, 5.74) is 0. The molecule has 1 aromatic rings. The Kier molecular flexibility index (Phi) is 6.22. The number of sulfonamides is 1. The van der Waals surface area contributed by atoms with Gasteiger partial charge < -0.3 is 5.32 Å². The van der Waals surface area contributed by atoms with E-state index in [4.69, 9.17) is 0 Å². The average Bonchev–Trinajstić information content (AvgIpc) is 2.48. The van der Waals surface area contributed by atoms with Gasteiger partial charge in [0.1, 0.15) is 0 Å². The molecule has 2 atom stereocenters. The van der Waals surface area contributed by atoms with Crippen LogP contribution in [0, 0.1) is 9.49 Å². The van der Waals surface area contributed by atoms with Crippen molar-refractivity contribution in [1.29, 1.82) is 0 Å². The number of hydrogen-bond donors (Lipinski definition) is 2. The van der Waals surface area contributed by atoms with E-state index in [0.717, 1.165) is 22.8 Å². The van der Waals surface area contributed by atoms with Gasteiger partial charge in [-0.2, -0.15) is 0 Å². The third-order valence-corrected chi connectivity index (χ3v) is 6.14. The third-order valence-electron chi connectivity index (χ3n) is 4.00. The molecule has 0 aliphatic heterocycles. The Morgan fingerprint density at radius 2 is 1.86 bits per heavy atom. The van der Waals surface area contributed by atoms with Crippen LogP contribution in [-0.4, -0.2) is 26.9 Å². The molecule has 7 heteroatoms. The lowest BCUT2D eigenvalue weighted by Crippen LogP contribution is -2.45. The van der Waals surface area contributed by atoms with E-state index in [2.05, 4.69) is 39.6 Å². The number of rotatable bonds is 5. The van der Waals surface area contributed by atoms with Crippen LogP contribution in [0.1, 0.15) is 32.6 Å². The number of nitrogens with one attached hydrogen (secondary N) is 2. The van der Waals surface area contributed by atoms with E-state index < -0.39 is 10.0 Å². The van der Waals surface area contributed by atoms with Crippen molar-refractivity contribution >= 4 is 38.5 Å². The molecule has 1 saturated carbocycles. The van der Waals surface area contributed by atoms with E-state index in [9.17, 15) is 13.2 Å². The molecule has 0 radical (unpaired) electrons. The van der Waals surface area contributed by atoms with Crippen LogP contribution in [0.25, 0.3) is 0 Å². The van der Waals surface area contributed by atoms with Crippen LogP contribution in [0.3, 0.4) is 0 Å². The van der Waals surface area contributed by atoms with Gasteiger partial charge in [0, 0.05) is 9.61 Å². The van der Waals surface area contributed by atoms with Gasteiger partial charge >= 0.3 is 0 Å². The predicted octanol–water partition coefficient (Wildman–Crippen LogP) is 2.26. The van der Waals surface area contributed by atoms with E-state index in [1.54, 1.807) is 12.1 Å². The molecular weight excluding hydrogens is 415 g/mol. The topological polar surface area (TPSA) is 75.3 Å². The fourth-order valence-corrected chi connectivity index (χ4v) is 3.99. The molecule has 0 spiro atoms. The van der Waals surface area contributed by atoms with Gasteiger partial charge in [0.05, 0.1) is 11.4 Å². The van der Waals surface area contributed by atoms with E-state index in [-0.39, 0.29) is 23.4 Å². The van der Waals surface area contributed by atoms with Gasteiger partial charge in [0.2, 0.25) is 15.9 Å². The minimum atomic E-state index is -3.64. The zero-order chi connectivity index (χ0) is 16.2. The van der Waals surface area contributed by atoms with Crippen molar-refractivity contribution in [2.75, 3.05) is 6.54 Å². The van der Waals surface area contributed by atoms with Crippen molar-refractivity contribution in [3.63, 3.8) is 0 Å². The van der Waals surface area contributed by atoms with Crippen LogP contribution < -0.4 is 10.0 Å². The van der Waals surface area contributed by atoms with Crippen molar-refractivity contribution in [1.82, 2.24) is 10.0 Å². The minimum Gasteiger partial charge on any atom is -0.352 e. The lowest BCUT2D eigenvalue weighted by molar-refractivity contribution is -0.121. The Balaban J connectivity index is 1.88. The molecule has 1 aliphatic rings. The van der Waals surface area contributed by atoms with Crippen molar-refractivity contribution in [2.24, 2.45) is 5.92 Å². The maximum atomic E-state index is 12.1. The van der Waals surface area contributed by atoms with Crippen LogP contribution in [0.2, 0.25) is 0 Å². The van der Waals surface area contributed by atoms with Crippen molar-refractivity contribution in [3.05, 3.63) is 27.8 Å². The highest BCUT2D eigenvalue weighted by molar-refractivity contribution is 14.1. The zero-order valence-corrected chi connectivity index (χ0v) is 15.5. The molecule has 1 aliphatic carbocycles. The normalized spacial score (nSPS) is 22.3. The first-order chi connectivity index (χ1) is 10.4. The molecule has 0 saturated heterocycles. The second kappa shape index (κ2) is 7.74. The molecular formula is C15H21IN2O3S. The molecule has 0 heterocycles. The molecule has 1 amide bonds. The fourth-order valence-electron chi connectivity index (χ4n) is 2.65. The Labute approximate surface area is 145 Å². The van der Waals surface area contributed by atoms with Crippen LogP contribution in [0.15, 0.2) is 29.2 Å². The highest BCUT2D eigenvalue weighted by Gasteiger charge is 2.23. The number of benzene rings is 1. The minimum absolute atomic E-state index is 0.157. The Hall–Kier alpha value is -0.670. The maximum absolute atomic E-state index is 12.1. The maximum Gasteiger partial charge on any atom is 0.241 e. The largest absolute Gasteiger partial charge is 0.352 e. The van der Waals surface area contributed by atoms with Gasteiger partial charge in [-0.3, -0.25) is 4.79 Å². The van der Waals surface area contributed by atoms with Crippen LogP contribution in [-0.2, 0) is 14.8 Å². The standard InChI is InChI=1S/C15H21IN2O3S/c1-11-4-2-3-5-14(11)18-15(19)10-17-22(20,21)13-8-6-12(16)7-9-13/h6-9,11,14,17H,2-5,10H2,1H3,(H,18,19)/t11-,14+/m0/s1. The van der Waals surface area contributed by atoms with Crippen LogP contribution in [0.4, 0.5) is 0 Å². The van der Waals surface area contributed by atoms with Crippen LogP contribution in [0.5, 0.6) is 0 Å². The summed E-state index contributed by atoms with van der Waals surface area (Å²) in [6.45, 7) is 1.90. The van der Waals surface area contributed by atoms with Gasteiger partial charge in [-0.1, -0.05) is 19.8 Å². The van der Waals surface area contributed by atoms with Gasteiger partial charge in [-0.15, -0.1) is 0 Å². The highest BCUT2D eigenvalue weighted by atomic mass is 127. The molecule has 1 aromatic carbocycles. The summed E-state index contributed by atoms with van der Waals surface area (Å²) in [4.78, 5) is 12.1. The van der Waals surface area contributed by atoms with Crippen molar-refractivity contribution in [2.45, 2.75) is 43.5 Å². The molecule has 0 unspecified atom stereocenters. The summed E-state index contributed by atoms with van der Waals surface area (Å²) >= 11 is 2.11. The van der Waals surface area contributed by atoms with Gasteiger partial charge in [0.25, 0.3) is 0 Å². The van der Waals surface area contributed by atoms with E-state index in [1.165, 1.54) is 18.6 Å². The smallest absolute Gasteiger partial charge is 0.241 e. The van der Waals surface area contributed by atoms with Gasteiger partial charge in [0.15, 0.2) is 0 Å². The number of carbonyl (C=O) groups is 1. The number of amides is 1.